The summed E-state index contributed by atoms with van der Waals surface area (Å²) in [6.45, 7) is 0. The van der Waals surface area contributed by atoms with Gasteiger partial charge in [-0.05, 0) is 37.1 Å². The van der Waals surface area contributed by atoms with E-state index < -0.39 is 22.7 Å². The molecule has 0 bridgehead atoms. The van der Waals surface area contributed by atoms with Crippen molar-refractivity contribution in [1.29, 1.82) is 0 Å². The summed E-state index contributed by atoms with van der Waals surface area (Å²) in [5, 5.41) is 21.7. The lowest BCUT2D eigenvalue weighted by Crippen LogP contribution is -2.37. The highest BCUT2D eigenvalue weighted by molar-refractivity contribution is 6.46. The first-order valence-electron chi connectivity index (χ1n) is 9.07. The van der Waals surface area contributed by atoms with Crippen LogP contribution >= 0.6 is 0 Å². The van der Waals surface area contributed by atoms with Gasteiger partial charge >= 0.3 is 0 Å². The van der Waals surface area contributed by atoms with E-state index in [1.54, 1.807) is 12.1 Å². The van der Waals surface area contributed by atoms with Gasteiger partial charge < -0.3 is 14.4 Å². The fourth-order valence-corrected chi connectivity index (χ4v) is 4.03. The van der Waals surface area contributed by atoms with E-state index in [0.717, 1.165) is 25.7 Å². The number of Topliss-reactive ketones (excluding diaryl/α,β-unsaturated/α-hetero) is 1. The molecule has 1 saturated heterocycles. The van der Waals surface area contributed by atoms with Crippen molar-refractivity contribution in [1.82, 2.24) is 4.90 Å². The summed E-state index contributed by atoms with van der Waals surface area (Å²) in [5.74, 6) is -1.40. The first-order chi connectivity index (χ1) is 13.5. The number of rotatable bonds is 4. The van der Waals surface area contributed by atoms with Gasteiger partial charge in [0.1, 0.15) is 17.6 Å². The number of amides is 1. The molecule has 1 N–H and O–H groups in total. The van der Waals surface area contributed by atoms with Crippen LogP contribution in [0.2, 0.25) is 0 Å². The maximum absolute atomic E-state index is 12.8. The average Bonchev–Trinajstić information content (AvgIpc) is 3.43. The highest BCUT2D eigenvalue weighted by Gasteiger charge is 2.50. The number of aliphatic hydroxyl groups excluding tert-OH is 1. The molecule has 2 fully saturated rings. The SMILES string of the molecule is O=C1C(=O)N(C2CCCC2)C(c2ccco2)/C1=C(/O)c1ccc([N+](=O)[O-])cc1. The van der Waals surface area contributed by atoms with E-state index in [-0.39, 0.29) is 28.6 Å². The molecule has 1 aliphatic heterocycles. The molecule has 1 aromatic heterocycles. The fraction of sp³-hybridized carbons (Fsp3) is 0.300. The molecule has 1 saturated carbocycles. The number of nitro groups is 1. The van der Waals surface area contributed by atoms with Gasteiger partial charge in [-0.2, -0.15) is 0 Å². The second kappa shape index (κ2) is 6.95. The van der Waals surface area contributed by atoms with Crippen molar-refractivity contribution in [2.24, 2.45) is 0 Å². The number of likely N-dealkylation sites (tertiary alicyclic amines) is 1. The van der Waals surface area contributed by atoms with Crippen LogP contribution in [0.4, 0.5) is 5.69 Å². The molecule has 1 aromatic carbocycles. The Morgan fingerprint density at radius 3 is 2.39 bits per heavy atom. The Morgan fingerprint density at radius 2 is 1.82 bits per heavy atom. The highest BCUT2D eigenvalue weighted by Crippen LogP contribution is 2.43. The van der Waals surface area contributed by atoms with Gasteiger partial charge in [0.15, 0.2) is 0 Å². The highest BCUT2D eigenvalue weighted by atomic mass is 16.6. The third kappa shape index (κ3) is 2.87. The molecule has 2 aromatic rings. The lowest BCUT2D eigenvalue weighted by atomic mass is 9.98. The maximum Gasteiger partial charge on any atom is 0.296 e. The number of carbonyl (C=O) groups excluding carboxylic acids is 2. The lowest BCUT2D eigenvalue weighted by Gasteiger charge is -2.29. The molecule has 1 amide bonds. The molecule has 28 heavy (non-hydrogen) atoms. The van der Waals surface area contributed by atoms with E-state index in [2.05, 4.69) is 0 Å². The molecule has 1 aliphatic carbocycles. The largest absolute Gasteiger partial charge is 0.507 e. The van der Waals surface area contributed by atoms with Gasteiger partial charge in [0.25, 0.3) is 17.4 Å². The number of carbonyl (C=O) groups is 2. The van der Waals surface area contributed by atoms with Crippen LogP contribution in [0.25, 0.3) is 5.76 Å². The van der Waals surface area contributed by atoms with Crippen molar-refractivity contribution in [2.75, 3.05) is 0 Å². The summed E-state index contributed by atoms with van der Waals surface area (Å²) in [6, 6.07) is 7.62. The number of hydrogen-bond donors (Lipinski definition) is 1. The van der Waals surface area contributed by atoms with Gasteiger partial charge in [-0.25, -0.2) is 0 Å². The van der Waals surface area contributed by atoms with Crippen molar-refractivity contribution in [2.45, 2.75) is 37.8 Å². The molecule has 2 aliphatic rings. The zero-order chi connectivity index (χ0) is 19.8. The first-order valence-corrected chi connectivity index (χ1v) is 9.07. The minimum atomic E-state index is -0.812. The predicted molar refractivity (Wildman–Crippen MR) is 98.2 cm³/mol. The molecular formula is C20H18N2O6. The number of nitro benzene ring substituents is 1. The molecule has 1 atom stereocenters. The molecule has 8 heteroatoms. The predicted octanol–water partition coefficient (Wildman–Crippen LogP) is 3.55. The fourth-order valence-electron chi connectivity index (χ4n) is 4.03. The molecular weight excluding hydrogens is 364 g/mol. The van der Waals surface area contributed by atoms with E-state index >= 15 is 0 Å². The van der Waals surface area contributed by atoms with Gasteiger partial charge in [0, 0.05) is 23.7 Å². The molecule has 0 radical (unpaired) electrons. The van der Waals surface area contributed by atoms with Crippen molar-refractivity contribution >= 4 is 23.1 Å². The smallest absolute Gasteiger partial charge is 0.296 e. The lowest BCUT2D eigenvalue weighted by molar-refractivity contribution is -0.384. The van der Waals surface area contributed by atoms with Crippen molar-refractivity contribution < 1.29 is 24.0 Å². The van der Waals surface area contributed by atoms with Crippen LogP contribution < -0.4 is 0 Å². The Kier molecular flexibility index (Phi) is 4.46. The number of non-ortho nitro benzene ring substituents is 1. The van der Waals surface area contributed by atoms with Gasteiger partial charge in [0.2, 0.25) is 0 Å². The van der Waals surface area contributed by atoms with Crippen LogP contribution in [0.3, 0.4) is 0 Å². The van der Waals surface area contributed by atoms with Crippen LogP contribution in [0.1, 0.15) is 43.0 Å². The Balaban J connectivity index is 1.82. The van der Waals surface area contributed by atoms with Crippen LogP contribution in [0.5, 0.6) is 0 Å². The number of nitrogens with zero attached hydrogens (tertiary/aromatic N) is 2. The molecule has 8 nitrogen and oxygen atoms in total. The summed E-state index contributed by atoms with van der Waals surface area (Å²) in [6.07, 6.45) is 4.99. The first kappa shape index (κ1) is 18.0. The molecule has 1 unspecified atom stereocenters. The molecule has 2 heterocycles. The minimum absolute atomic E-state index is 0.0549. The van der Waals surface area contributed by atoms with E-state index in [0.29, 0.717) is 5.76 Å². The topological polar surface area (TPSA) is 114 Å². The summed E-state index contributed by atoms with van der Waals surface area (Å²) in [4.78, 5) is 37.4. The summed E-state index contributed by atoms with van der Waals surface area (Å²) in [5.41, 5.74) is 0.0397. The van der Waals surface area contributed by atoms with Gasteiger partial charge in [-0.3, -0.25) is 19.7 Å². The van der Waals surface area contributed by atoms with Crippen molar-refractivity contribution in [3.8, 4) is 0 Å². The van der Waals surface area contributed by atoms with Crippen LogP contribution in [-0.4, -0.2) is 32.7 Å². The third-order valence-corrected chi connectivity index (χ3v) is 5.36. The van der Waals surface area contributed by atoms with E-state index in [4.69, 9.17) is 4.42 Å². The minimum Gasteiger partial charge on any atom is -0.507 e. The van der Waals surface area contributed by atoms with Crippen LogP contribution in [0.15, 0.2) is 52.7 Å². The quantitative estimate of drug-likeness (QED) is 0.284. The maximum atomic E-state index is 12.8. The van der Waals surface area contributed by atoms with Gasteiger partial charge in [-0.1, -0.05) is 12.8 Å². The number of furan rings is 1. The van der Waals surface area contributed by atoms with Crippen molar-refractivity contribution in [3.63, 3.8) is 0 Å². The van der Waals surface area contributed by atoms with Crippen LogP contribution in [0, 0.1) is 10.1 Å². The second-order valence-electron chi connectivity index (χ2n) is 6.96. The Labute approximate surface area is 160 Å². The van der Waals surface area contributed by atoms with Crippen LogP contribution in [-0.2, 0) is 9.59 Å². The Hall–Kier alpha value is -3.42. The van der Waals surface area contributed by atoms with Gasteiger partial charge in [-0.15, -0.1) is 0 Å². The normalized spacial score (nSPS) is 22.1. The Bertz CT molecular complexity index is 955. The number of aliphatic hydroxyl groups is 1. The average molecular weight is 382 g/mol. The molecule has 4 rings (SSSR count). The summed E-state index contributed by atoms with van der Waals surface area (Å²) >= 11 is 0. The zero-order valence-corrected chi connectivity index (χ0v) is 14.9. The summed E-state index contributed by atoms with van der Waals surface area (Å²) in [7, 11) is 0. The third-order valence-electron chi connectivity index (χ3n) is 5.36. The van der Waals surface area contributed by atoms with E-state index in [9.17, 15) is 24.8 Å². The van der Waals surface area contributed by atoms with E-state index in [1.807, 2.05) is 0 Å². The number of ketones is 1. The standard InChI is InChI=1S/C20H18N2O6/c23-18(12-7-9-14(10-8-12)22(26)27)16-17(15-6-3-11-28-15)21(20(25)19(16)24)13-4-1-2-5-13/h3,6-11,13,17,23H,1-2,4-5H2/b18-16-. The number of hydrogen-bond acceptors (Lipinski definition) is 6. The van der Waals surface area contributed by atoms with Gasteiger partial charge in [0.05, 0.1) is 16.8 Å². The number of benzene rings is 1. The monoisotopic (exact) mass is 382 g/mol. The summed E-state index contributed by atoms with van der Waals surface area (Å²) < 4.78 is 5.49. The molecule has 0 spiro atoms. The van der Waals surface area contributed by atoms with Crippen molar-refractivity contribution in [3.05, 3.63) is 69.7 Å². The molecule has 144 valence electrons. The van der Waals surface area contributed by atoms with E-state index in [1.165, 1.54) is 35.4 Å². The zero-order valence-electron chi connectivity index (χ0n) is 14.9. The Morgan fingerprint density at radius 1 is 1.14 bits per heavy atom. The second-order valence-corrected chi connectivity index (χ2v) is 6.96.